The molecule has 1 N–H and O–H groups in total. The summed E-state index contributed by atoms with van der Waals surface area (Å²) in [5.74, 6) is -1.43. The summed E-state index contributed by atoms with van der Waals surface area (Å²) >= 11 is 0. The lowest BCUT2D eigenvalue weighted by Crippen LogP contribution is -2.54. The van der Waals surface area contributed by atoms with Crippen molar-refractivity contribution in [2.75, 3.05) is 31.1 Å². The predicted octanol–water partition coefficient (Wildman–Crippen LogP) is 3.99. The molecule has 3 aliphatic rings. The van der Waals surface area contributed by atoms with E-state index in [0.29, 0.717) is 32.4 Å². The van der Waals surface area contributed by atoms with Crippen LogP contribution in [0.25, 0.3) is 0 Å². The van der Waals surface area contributed by atoms with Gasteiger partial charge in [-0.1, -0.05) is 0 Å². The molecular weight excluding hydrogens is 495 g/mol. The third-order valence-corrected chi connectivity index (χ3v) is 6.98. The van der Waals surface area contributed by atoms with Crippen LogP contribution in [0.5, 0.6) is 5.75 Å². The van der Waals surface area contributed by atoms with E-state index in [0.717, 1.165) is 12.1 Å². The van der Waals surface area contributed by atoms with Gasteiger partial charge in [0, 0.05) is 25.7 Å². The number of amides is 3. The maximum atomic E-state index is 14.3. The second kappa shape index (κ2) is 9.70. The molecule has 0 aromatic heterocycles. The Balaban J connectivity index is 1.78. The fraction of sp³-hybridized carbons (Fsp3) is 0.640. The molecular formula is C25H32F3N3O6. The van der Waals surface area contributed by atoms with Gasteiger partial charge in [0.15, 0.2) is 5.60 Å². The van der Waals surface area contributed by atoms with Crippen LogP contribution in [0.15, 0.2) is 12.1 Å². The first-order valence-corrected chi connectivity index (χ1v) is 12.4. The highest BCUT2D eigenvalue weighted by Gasteiger charge is 2.46. The number of epoxide rings is 1. The van der Waals surface area contributed by atoms with Crippen LogP contribution in [-0.2, 0) is 15.7 Å². The Labute approximate surface area is 213 Å². The van der Waals surface area contributed by atoms with Crippen LogP contribution in [0.2, 0.25) is 0 Å². The van der Waals surface area contributed by atoms with Crippen LogP contribution in [-0.4, -0.2) is 82.8 Å². The van der Waals surface area contributed by atoms with Crippen LogP contribution in [0, 0.1) is 0 Å². The maximum Gasteiger partial charge on any atom is 0.417 e. The molecule has 4 rings (SSSR count). The number of piperidine rings is 1. The van der Waals surface area contributed by atoms with Gasteiger partial charge in [0.25, 0.3) is 11.8 Å². The van der Waals surface area contributed by atoms with Crippen molar-refractivity contribution in [3.05, 3.63) is 23.3 Å². The van der Waals surface area contributed by atoms with E-state index in [2.05, 4.69) is 0 Å². The lowest BCUT2D eigenvalue weighted by Gasteiger charge is -2.42. The summed E-state index contributed by atoms with van der Waals surface area (Å²) < 4.78 is 53.7. The third kappa shape index (κ3) is 5.48. The standard InChI is InChI=1S/C25H32F3N3O6/c1-14(2)31(15-6-5-8-29(12-15)23(34)35)21(32)17-10-19-20(11-18(17)25(26,27)28)37-24(3,4)22(33)30(19)9-7-16-13-36-16/h10-11,14-16H,5-9,12-13H2,1-4H3,(H,34,35)/t15-,16?/m1/s1. The zero-order valence-corrected chi connectivity index (χ0v) is 21.3. The monoisotopic (exact) mass is 527 g/mol. The molecule has 2 atom stereocenters. The topological polar surface area (TPSA) is 103 Å². The molecule has 3 heterocycles. The number of nitrogens with zero attached hydrogens (tertiary/aromatic N) is 3. The zero-order valence-electron chi connectivity index (χ0n) is 21.3. The predicted molar refractivity (Wildman–Crippen MR) is 127 cm³/mol. The van der Waals surface area contributed by atoms with Crippen LogP contribution < -0.4 is 9.64 Å². The Bertz CT molecular complexity index is 1090. The number of benzene rings is 1. The number of rotatable bonds is 6. The number of ether oxygens (including phenoxy) is 2. The highest BCUT2D eigenvalue weighted by Crippen LogP contribution is 2.44. The molecule has 2 fully saturated rings. The summed E-state index contributed by atoms with van der Waals surface area (Å²) in [6, 6.07) is 0.798. The van der Waals surface area contributed by atoms with E-state index in [4.69, 9.17) is 9.47 Å². The van der Waals surface area contributed by atoms with Gasteiger partial charge in [-0.3, -0.25) is 9.59 Å². The van der Waals surface area contributed by atoms with Crippen molar-refractivity contribution in [3.63, 3.8) is 0 Å². The Morgan fingerprint density at radius 1 is 1.27 bits per heavy atom. The average molecular weight is 528 g/mol. The Hall–Kier alpha value is -3.02. The number of carboxylic acid groups (broad SMARTS) is 1. The molecule has 1 aromatic rings. The van der Waals surface area contributed by atoms with Crippen molar-refractivity contribution in [2.45, 2.75) is 76.9 Å². The van der Waals surface area contributed by atoms with Crippen molar-refractivity contribution in [1.29, 1.82) is 0 Å². The Kier molecular flexibility index (Phi) is 7.08. The van der Waals surface area contributed by atoms with Gasteiger partial charge in [-0.25, -0.2) is 4.79 Å². The number of alkyl halides is 3. The Morgan fingerprint density at radius 2 is 1.95 bits per heavy atom. The first kappa shape index (κ1) is 27.0. The number of hydrogen-bond donors (Lipinski definition) is 1. The van der Waals surface area contributed by atoms with E-state index in [1.54, 1.807) is 13.8 Å². The lowest BCUT2D eigenvalue weighted by atomic mass is 9.96. The molecule has 0 spiro atoms. The summed E-state index contributed by atoms with van der Waals surface area (Å²) in [5, 5.41) is 9.42. The highest BCUT2D eigenvalue weighted by atomic mass is 19.4. The molecule has 0 aliphatic carbocycles. The van der Waals surface area contributed by atoms with E-state index in [-0.39, 0.29) is 30.6 Å². The molecule has 204 valence electrons. The van der Waals surface area contributed by atoms with Crippen LogP contribution in [0.1, 0.15) is 62.9 Å². The molecule has 12 heteroatoms. The maximum absolute atomic E-state index is 14.3. The average Bonchev–Trinajstić information content (AvgIpc) is 3.62. The summed E-state index contributed by atoms with van der Waals surface area (Å²) in [6.07, 6.45) is -4.58. The largest absolute Gasteiger partial charge is 0.476 e. The van der Waals surface area contributed by atoms with E-state index in [1.807, 2.05) is 0 Å². The molecule has 37 heavy (non-hydrogen) atoms. The fourth-order valence-electron chi connectivity index (χ4n) is 5.07. The number of fused-ring (bicyclic) bond motifs is 1. The molecule has 3 aliphatic heterocycles. The summed E-state index contributed by atoms with van der Waals surface area (Å²) in [6.45, 7) is 7.41. The van der Waals surface area contributed by atoms with Gasteiger partial charge < -0.3 is 29.3 Å². The number of anilines is 1. The molecule has 3 amide bonds. The van der Waals surface area contributed by atoms with E-state index < -0.39 is 52.9 Å². The third-order valence-electron chi connectivity index (χ3n) is 6.98. The van der Waals surface area contributed by atoms with Crippen LogP contribution in [0.4, 0.5) is 23.7 Å². The number of likely N-dealkylation sites (tertiary alicyclic amines) is 1. The van der Waals surface area contributed by atoms with Crippen molar-refractivity contribution in [3.8, 4) is 5.75 Å². The first-order valence-electron chi connectivity index (χ1n) is 12.4. The number of carbonyl (C=O) groups is 3. The van der Waals surface area contributed by atoms with Gasteiger partial charge in [0.05, 0.1) is 35.6 Å². The minimum absolute atomic E-state index is 0.00877. The van der Waals surface area contributed by atoms with Gasteiger partial charge in [-0.15, -0.1) is 0 Å². The van der Waals surface area contributed by atoms with Crippen molar-refractivity contribution in [1.82, 2.24) is 9.80 Å². The fourth-order valence-corrected chi connectivity index (χ4v) is 5.07. The van der Waals surface area contributed by atoms with Gasteiger partial charge in [0.2, 0.25) is 0 Å². The summed E-state index contributed by atoms with van der Waals surface area (Å²) in [5.41, 5.74) is -3.06. The highest BCUT2D eigenvalue weighted by molar-refractivity contribution is 6.05. The summed E-state index contributed by atoms with van der Waals surface area (Å²) in [7, 11) is 0. The lowest BCUT2D eigenvalue weighted by molar-refractivity contribution is -0.138. The molecule has 9 nitrogen and oxygen atoms in total. The quantitative estimate of drug-likeness (QED) is 0.562. The van der Waals surface area contributed by atoms with E-state index in [9.17, 15) is 32.7 Å². The first-order chi connectivity index (χ1) is 17.2. The van der Waals surface area contributed by atoms with Crippen molar-refractivity contribution in [2.24, 2.45) is 0 Å². The number of hydrogen-bond acceptors (Lipinski definition) is 5. The normalized spacial score (nSPS) is 23.0. The SMILES string of the molecule is CC(C)N(C(=O)c1cc2c(cc1C(F)(F)F)OC(C)(C)C(=O)N2CCC1CO1)[C@@H]1CCCN(C(=O)O)C1. The molecule has 1 aromatic carbocycles. The van der Waals surface area contributed by atoms with Gasteiger partial charge >= 0.3 is 12.3 Å². The smallest absolute Gasteiger partial charge is 0.417 e. The second-order valence-corrected chi connectivity index (χ2v) is 10.5. The molecule has 0 saturated carbocycles. The summed E-state index contributed by atoms with van der Waals surface area (Å²) in [4.78, 5) is 42.4. The van der Waals surface area contributed by atoms with Crippen LogP contribution in [0.3, 0.4) is 0 Å². The molecule has 2 saturated heterocycles. The van der Waals surface area contributed by atoms with Crippen LogP contribution >= 0.6 is 0 Å². The minimum Gasteiger partial charge on any atom is -0.476 e. The van der Waals surface area contributed by atoms with E-state index in [1.165, 1.54) is 28.5 Å². The number of halogens is 3. The van der Waals surface area contributed by atoms with Crippen molar-refractivity contribution >= 4 is 23.6 Å². The zero-order chi connectivity index (χ0) is 27.3. The minimum atomic E-state index is -4.87. The molecule has 0 radical (unpaired) electrons. The van der Waals surface area contributed by atoms with E-state index >= 15 is 0 Å². The Morgan fingerprint density at radius 3 is 2.51 bits per heavy atom. The molecule has 0 bridgehead atoms. The van der Waals surface area contributed by atoms with Gasteiger partial charge in [-0.2, -0.15) is 13.2 Å². The molecule has 1 unspecified atom stereocenters. The number of carbonyl (C=O) groups excluding carboxylic acids is 2. The van der Waals surface area contributed by atoms with Crippen molar-refractivity contribution < 1.29 is 42.1 Å². The van der Waals surface area contributed by atoms with Gasteiger partial charge in [-0.05, 0) is 59.1 Å². The second-order valence-electron chi connectivity index (χ2n) is 10.5. The van der Waals surface area contributed by atoms with Gasteiger partial charge in [0.1, 0.15) is 5.75 Å².